The molecule has 0 bridgehead atoms. The molecule has 3 amide bonds. The largest absolute Gasteiger partial charge is 0.385 e. The first-order chi connectivity index (χ1) is 10.0. The zero-order valence-corrected chi connectivity index (χ0v) is 12.2. The van der Waals surface area contributed by atoms with Crippen molar-refractivity contribution in [2.45, 2.75) is 12.8 Å². The molecule has 1 heterocycles. The van der Waals surface area contributed by atoms with E-state index in [0.29, 0.717) is 26.1 Å². The van der Waals surface area contributed by atoms with E-state index in [4.69, 9.17) is 9.47 Å². The van der Waals surface area contributed by atoms with Crippen molar-refractivity contribution in [2.24, 2.45) is 5.92 Å². The quantitative estimate of drug-likeness (QED) is 0.246. The third-order valence-corrected chi connectivity index (χ3v) is 3.05. The van der Waals surface area contributed by atoms with E-state index in [-0.39, 0.29) is 13.1 Å². The summed E-state index contributed by atoms with van der Waals surface area (Å²) in [6.45, 7) is 1.17. The van der Waals surface area contributed by atoms with Crippen LogP contribution in [0.3, 0.4) is 0 Å². The normalized spacial score (nSPS) is 18.5. The predicted octanol–water partition coefficient (Wildman–Crippen LogP) is -1.27. The molecule has 0 aromatic rings. The maximum Gasteiger partial charge on any atom is 0.297 e. The van der Waals surface area contributed by atoms with Crippen molar-refractivity contribution in [2.75, 3.05) is 40.5 Å². The minimum Gasteiger partial charge on any atom is -0.385 e. The molecule has 118 valence electrons. The fourth-order valence-corrected chi connectivity index (χ4v) is 1.96. The van der Waals surface area contributed by atoms with E-state index in [1.165, 1.54) is 14.2 Å². The number of carbonyl (C=O) groups excluding carboxylic acids is 4. The molecule has 0 saturated carbocycles. The van der Waals surface area contributed by atoms with Gasteiger partial charge in [0.25, 0.3) is 5.91 Å². The number of methoxy groups -OCH3 is 2. The molecule has 0 aromatic heterocycles. The molecular weight excluding hydrogens is 280 g/mol. The molecular formula is C13H20N2O6. The van der Waals surface area contributed by atoms with Crippen LogP contribution in [0.25, 0.3) is 0 Å². The molecule has 1 aliphatic heterocycles. The second kappa shape index (κ2) is 8.48. The summed E-state index contributed by atoms with van der Waals surface area (Å²) in [6.07, 6.45) is 0.978. The molecule has 1 aliphatic rings. The molecule has 0 aliphatic carbocycles. The van der Waals surface area contributed by atoms with Crippen LogP contribution < -0.4 is 5.32 Å². The van der Waals surface area contributed by atoms with Crippen LogP contribution in [0.1, 0.15) is 12.8 Å². The van der Waals surface area contributed by atoms with Crippen molar-refractivity contribution in [1.29, 1.82) is 0 Å². The van der Waals surface area contributed by atoms with Gasteiger partial charge in [-0.1, -0.05) is 0 Å². The lowest BCUT2D eigenvalue weighted by Gasteiger charge is -2.13. The minimum atomic E-state index is -1.55. The smallest absolute Gasteiger partial charge is 0.297 e. The van der Waals surface area contributed by atoms with E-state index in [9.17, 15) is 19.2 Å². The number of carbonyl (C=O) groups is 4. The zero-order chi connectivity index (χ0) is 15.8. The highest BCUT2D eigenvalue weighted by molar-refractivity contribution is 6.52. The van der Waals surface area contributed by atoms with E-state index in [1.54, 1.807) is 0 Å². The van der Waals surface area contributed by atoms with Crippen LogP contribution in [-0.2, 0) is 28.7 Å². The summed E-state index contributed by atoms with van der Waals surface area (Å²) in [5.74, 6) is -4.94. The molecule has 1 saturated heterocycles. The lowest BCUT2D eigenvalue weighted by molar-refractivity contribution is -0.143. The predicted molar refractivity (Wildman–Crippen MR) is 71.2 cm³/mol. The maximum atomic E-state index is 12.0. The number of rotatable bonds is 9. The minimum absolute atomic E-state index is 0.0741. The number of nitrogens with zero attached hydrogens (tertiary/aromatic N) is 1. The molecule has 21 heavy (non-hydrogen) atoms. The van der Waals surface area contributed by atoms with Crippen molar-refractivity contribution in [1.82, 2.24) is 10.2 Å². The number of ether oxygens (including phenoxy) is 2. The standard InChI is InChI=1S/C13H20N2O6/c1-20-7-3-5-14-11(17)9-10(16)13(19)15(12(9)18)6-4-8-21-2/h9H,3-8H2,1-2H3,(H,14,17)/t9-/m0/s1. The van der Waals surface area contributed by atoms with E-state index in [1.807, 2.05) is 0 Å². The molecule has 0 spiro atoms. The second-order valence-electron chi connectivity index (χ2n) is 4.58. The van der Waals surface area contributed by atoms with E-state index in [0.717, 1.165) is 4.90 Å². The monoisotopic (exact) mass is 300 g/mol. The topological polar surface area (TPSA) is 102 Å². The summed E-state index contributed by atoms with van der Waals surface area (Å²) in [7, 11) is 3.03. The fourth-order valence-electron chi connectivity index (χ4n) is 1.96. The number of likely N-dealkylation sites (tertiary alicyclic amines) is 1. The summed E-state index contributed by atoms with van der Waals surface area (Å²) in [5.41, 5.74) is 0. The summed E-state index contributed by atoms with van der Waals surface area (Å²) < 4.78 is 9.65. The van der Waals surface area contributed by atoms with Gasteiger partial charge in [0.2, 0.25) is 17.6 Å². The fraction of sp³-hybridized carbons (Fsp3) is 0.692. The molecule has 0 aromatic carbocycles. The van der Waals surface area contributed by atoms with Gasteiger partial charge in [-0.15, -0.1) is 0 Å². The van der Waals surface area contributed by atoms with Crippen molar-refractivity contribution >= 4 is 23.5 Å². The first-order valence-electron chi connectivity index (χ1n) is 6.69. The van der Waals surface area contributed by atoms with Crippen molar-refractivity contribution < 1.29 is 28.7 Å². The maximum absolute atomic E-state index is 12.0. The number of Topliss-reactive ketones (excluding diaryl/α,β-unsaturated/α-hetero) is 1. The number of ketones is 1. The summed E-state index contributed by atoms with van der Waals surface area (Å²) >= 11 is 0. The van der Waals surface area contributed by atoms with Gasteiger partial charge in [0.15, 0.2) is 5.92 Å². The lowest BCUT2D eigenvalue weighted by atomic mass is 10.1. The first-order valence-corrected chi connectivity index (χ1v) is 6.69. The van der Waals surface area contributed by atoms with Crippen molar-refractivity contribution in [3.8, 4) is 0 Å². The summed E-state index contributed by atoms with van der Waals surface area (Å²) in [4.78, 5) is 48.2. The second-order valence-corrected chi connectivity index (χ2v) is 4.58. The molecule has 8 heteroatoms. The first kappa shape index (κ1) is 17.3. The van der Waals surface area contributed by atoms with E-state index in [2.05, 4.69) is 5.32 Å². The number of hydrogen-bond donors (Lipinski definition) is 1. The molecule has 0 radical (unpaired) electrons. The molecule has 8 nitrogen and oxygen atoms in total. The van der Waals surface area contributed by atoms with Crippen LogP contribution in [-0.4, -0.2) is 68.9 Å². The van der Waals surface area contributed by atoms with Crippen molar-refractivity contribution in [3.63, 3.8) is 0 Å². The average molecular weight is 300 g/mol. The van der Waals surface area contributed by atoms with Crippen LogP contribution in [0.2, 0.25) is 0 Å². The molecule has 1 rings (SSSR count). The van der Waals surface area contributed by atoms with Gasteiger partial charge in [-0.3, -0.25) is 24.1 Å². The lowest BCUT2D eigenvalue weighted by Crippen LogP contribution is -2.39. The van der Waals surface area contributed by atoms with Crippen LogP contribution in [0, 0.1) is 5.92 Å². The Morgan fingerprint density at radius 3 is 2.38 bits per heavy atom. The Labute approximate surface area is 122 Å². The highest BCUT2D eigenvalue weighted by atomic mass is 16.5. The summed E-state index contributed by atoms with van der Waals surface area (Å²) in [5, 5.41) is 2.46. The van der Waals surface area contributed by atoms with Gasteiger partial charge < -0.3 is 14.8 Å². The number of nitrogens with one attached hydrogen (secondary N) is 1. The van der Waals surface area contributed by atoms with Gasteiger partial charge in [0.1, 0.15) is 0 Å². The number of amides is 3. The highest BCUT2D eigenvalue weighted by Gasteiger charge is 2.50. The third-order valence-electron chi connectivity index (χ3n) is 3.05. The SMILES string of the molecule is COCCCNC(=O)[C@@H]1C(=O)C(=O)N(CCCOC)C1=O. The van der Waals surface area contributed by atoms with Gasteiger partial charge in [0.05, 0.1) is 0 Å². The Hall–Kier alpha value is -1.80. The van der Waals surface area contributed by atoms with E-state index >= 15 is 0 Å². The molecule has 1 atom stereocenters. The van der Waals surface area contributed by atoms with Crippen LogP contribution in [0.15, 0.2) is 0 Å². The average Bonchev–Trinajstić information content (AvgIpc) is 2.67. The summed E-state index contributed by atoms with van der Waals surface area (Å²) in [6, 6.07) is 0. The van der Waals surface area contributed by atoms with Crippen LogP contribution in [0.4, 0.5) is 0 Å². The third kappa shape index (κ3) is 4.33. The van der Waals surface area contributed by atoms with Gasteiger partial charge >= 0.3 is 0 Å². The van der Waals surface area contributed by atoms with Crippen molar-refractivity contribution in [3.05, 3.63) is 0 Å². The highest BCUT2D eigenvalue weighted by Crippen LogP contribution is 2.17. The van der Waals surface area contributed by atoms with Gasteiger partial charge in [-0.2, -0.15) is 0 Å². The Morgan fingerprint density at radius 1 is 1.14 bits per heavy atom. The Morgan fingerprint density at radius 2 is 1.76 bits per heavy atom. The van der Waals surface area contributed by atoms with E-state index < -0.39 is 29.4 Å². The zero-order valence-electron chi connectivity index (χ0n) is 12.2. The van der Waals surface area contributed by atoms with Crippen LogP contribution >= 0.6 is 0 Å². The Bertz CT molecular complexity index is 423. The number of hydrogen-bond acceptors (Lipinski definition) is 6. The van der Waals surface area contributed by atoms with Gasteiger partial charge in [-0.25, -0.2) is 0 Å². The van der Waals surface area contributed by atoms with Crippen LogP contribution in [0.5, 0.6) is 0 Å². The molecule has 1 fully saturated rings. The van der Waals surface area contributed by atoms with Gasteiger partial charge in [-0.05, 0) is 12.8 Å². The number of imide groups is 1. The molecule has 1 N–H and O–H groups in total. The Balaban J connectivity index is 2.58. The molecule has 0 unspecified atom stereocenters. The van der Waals surface area contributed by atoms with Gasteiger partial charge in [0, 0.05) is 40.5 Å². The Kier molecular flexibility index (Phi) is 6.97.